The Hall–Kier alpha value is -12.3. The molecule has 20 rings (SSSR count). The van der Waals surface area contributed by atoms with E-state index >= 15 is 0 Å². The predicted molar refractivity (Wildman–Crippen MR) is 378 cm³/mol. The lowest BCUT2D eigenvalue weighted by Crippen LogP contribution is -1.99. The molecule has 0 saturated heterocycles. The maximum Gasteiger partial charge on any atom is 0.569 e. The highest BCUT2D eigenvalue weighted by Crippen LogP contribution is 2.46. The number of aromatic nitrogens is 6. The van der Waals surface area contributed by atoms with Crippen LogP contribution in [0.5, 0.6) is 5.75 Å². The average Bonchev–Trinajstić information content (AvgIpc) is 1.57. The van der Waals surface area contributed by atoms with Gasteiger partial charge in [-0.1, -0.05) is 182 Å². The Labute approximate surface area is 539 Å². The fourth-order valence-electron chi connectivity index (χ4n) is 13.5. The van der Waals surface area contributed by atoms with Gasteiger partial charge >= 0.3 is 7.69 Å². The summed E-state index contributed by atoms with van der Waals surface area (Å²) in [7, 11) is 0.679. The Bertz CT molecular complexity index is 6340. The van der Waals surface area contributed by atoms with Crippen LogP contribution in [0.15, 0.2) is 297 Å². The van der Waals surface area contributed by atoms with Gasteiger partial charge in [0.05, 0.1) is 38.4 Å². The molecule has 0 unspecified atom stereocenters. The van der Waals surface area contributed by atoms with Crippen molar-refractivity contribution in [3.8, 4) is 51.0 Å². The first kappa shape index (κ1) is 54.6. The number of furan rings is 4. The number of hydrogen-bond donors (Lipinski definition) is 1. The molecule has 0 aliphatic rings. The zero-order valence-corrected chi connectivity index (χ0v) is 50.4. The minimum atomic E-state index is 0.225. The van der Waals surface area contributed by atoms with Crippen LogP contribution >= 0.6 is 11.6 Å². The topological polar surface area (TPSA) is 143 Å². The second kappa shape index (κ2) is 22.3. The van der Waals surface area contributed by atoms with Gasteiger partial charge < -0.3 is 36.5 Å². The summed E-state index contributed by atoms with van der Waals surface area (Å²) in [5, 5.41) is 19.7. The normalized spacial score (nSPS) is 11.7. The van der Waals surface area contributed by atoms with Crippen LogP contribution in [0.25, 0.3) is 177 Å². The van der Waals surface area contributed by atoms with Crippen LogP contribution in [-0.2, 0) is 0 Å². The van der Waals surface area contributed by atoms with Crippen LogP contribution in [0, 0.1) is 0 Å². The van der Waals surface area contributed by atoms with E-state index in [0.717, 1.165) is 154 Å². The molecule has 0 atom stereocenters. The Balaban J connectivity index is 0.000000113. The maximum atomic E-state index is 9.10. The van der Waals surface area contributed by atoms with E-state index in [1.165, 1.54) is 0 Å². The van der Waals surface area contributed by atoms with Crippen molar-refractivity contribution < 1.29 is 27.3 Å². The molecule has 443 valence electrons. The fraction of sp³-hybridized carbons (Fsp3) is 0. The molecule has 8 aromatic heterocycles. The SMILES string of the molecule is Clc1nc(-c2ccccc2)c2oc3ccccc3c2n1.O[B]Oc1cccc2c1oc1c2ccc2c1c1ccccc1n2-c1ccccc1.c1ccc(-c2nc(-c3cccc4c3oc3c4ccc4c3c3ccccc3n4-c3ccccc3)nc3c2oc2ccccc23)cc1. The van der Waals surface area contributed by atoms with Gasteiger partial charge in [0, 0.05) is 65.6 Å². The molecular weight excluding hydrogens is 1190 g/mol. The summed E-state index contributed by atoms with van der Waals surface area (Å²) < 4.78 is 35.3. The van der Waals surface area contributed by atoms with Gasteiger partial charge in [0.2, 0.25) is 5.28 Å². The fourth-order valence-corrected chi connectivity index (χ4v) is 13.7. The summed E-state index contributed by atoms with van der Waals surface area (Å²) in [4.78, 5) is 18.9. The average molecular weight is 1230 g/mol. The molecule has 0 amide bonds. The van der Waals surface area contributed by atoms with Crippen LogP contribution in [0.3, 0.4) is 0 Å². The first-order valence-corrected chi connectivity index (χ1v) is 31.0. The van der Waals surface area contributed by atoms with E-state index in [-0.39, 0.29) is 5.28 Å². The van der Waals surface area contributed by atoms with Crippen LogP contribution in [-0.4, -0.2) is 41.8 Å². The Morgan fingerprint density at radius 3 is 1.30 bits per heavy atom. The first-order chi connectivity index (χ1) is 46.5. The number of hydrogen-bond acceptors (Lipinski definition) is 10. The number of halogens is 1. The first-order valence-electron chi connectivity index (χ1n) is 30.7. The summed E-state index contributed by atoms with van der Waals surface area (Å²) in [5.74, 6) is 1.08. The van der Waals surface area contributed by atoms with E-state index < -0.39 is 0 Å². The van der Waals surface area contributed by atoms with Crippen molar-refractivity contribution in [2.24, 2.45) is 0 Å². The Morgan fingerprint density at radius 2 is 0.755 bits per heavy atom. The Kier molecular flexibility index (Phi) is 13.0. The Morgan fingerprint density at radius 1 is 0.330 bits per heavy atom. The van der Waals surface area contributed by atoms with Gasteiger partial charge in [0.1, 0.15) is 56.1 Å². The molecule has 94 heavy (non-hydrogen) atoms. The van der Waals surface area contributed by atoms with Gasteiger partial charge in [-0.15, -0.1) is 0 Å². The van der Waals surface area contributed by atoms with Gasteiger partial charge in [-0.3, -0.25) is 0 Å². The molecule has 0 aliphatic heterocycles. The molecule has 1 radical (unpaired) electrons. The van der Waals surface area contributed by atoms with E-state index in [9.17, 15) is 0 Å². The monoisotopic (exact) mass is 1230 g/mol. The number of benzene rings is 12. The van der Waals surface area contributed by atoms with Gasteiger partial charge in [0.15, 0.2) is 22.6 Å². The van der Waals surface area contributed by atoms with E-state index in [0.29, 0.717) is 36.0 Å². The third kappa shape index (κ3) is 8.81. The quantitative estimate of drug-likeness (QED) is 0.121. The highest BCUT2D eigenvalue weighted by molar-refractivity contribution is 6.29. The van der Waals surface area contributed by atoms with E-state index in [1.54, 1.807) is 6.07 Å². The van der Waals surface area contributed by atoms with Crippen molar-refractivity contribution in [1.82, 2.24) is 29.1 Å². The van der Waals surface area contributed by atoms with Crippen molar-refractivity contribution in [2.45, 2.75) is 0 Å². The lowest BCUT2D eigenvalue weighted by Gasteiger charge is -2.07. The van der Waals surface area contributed by atoms with Gasteiger partial charge in [-0.25, -0.2) is 19.9 Å². The molecule has 14 heteroatoms. The lowest BCUT2D eigenvalue weighted by atomic mass is 10.1. The lowest BCUT2D eigenvalue weighted by molar-refractivity contribution is 0.451. The van der Waals surface area contributed by atoms with Crippen LogP contribution < -0.4 is 4.65 Å². The summed E-state index contributed by atoms with van der Waals surface area (Å²) in [6.07, 6.45) is 0. The summed E-state index contributed by atoms with van der Waals surface area (Å²) >= 11 is 6.07. The summed E-state index contributed by atoms with van der Waals surface area (Å²) in [5.41, 5.74) is 18.4. The predicted octanol–water partition coefficient (Wildman–Crippen LogP) is 21.0. The highest BCUT2D eigenvalue weighted by Gasteiger charge is 2.25. The van der Waals surface area contributed by atoms with Crippen molar-refractivity contribution >= 4 is 151 Å². The molecule has 0 bridgehead atoms. The van der Waals surface area contributed by atoms with Gasteiger partial charge in [-0.05, 0) is 109 Å². The number of fused-ring (bicyclic) bond motifs is 20. The van der Waals surface area contributed by atoms with Crippen molar-refractivity contribution in [1.29, 1.82) is 0 Å². The van der Waals surface area contributed by atoms with Crippen LogP contribution in [0.4, 0.5) is 0 Å². The molecule has 12 aromatic carbocycles. The summed E-state index contributed by atoms with van der Waals surface area (Å²) in [6.45, 7) is 0. The van der Waals surface area contributed by atoms with Crippen LogP contribution in [0.1, 0.15) is 0 Å². The smallest absolute Gasteiger partial charge is 0.535 e. The number of para-hydroxylation sites is 8. The molecule has 0 spiro atoms. The number of nitrogens with zero attached hydrogens (tertiary/aromatic N) is 6. The number of rotatable bonds is 7. The molecule has 20 aromatic rings. The molecule has 0 saturated carbocycles. The molecule has 1 N–H and O–H groups in total. The maximum absolute atomic E-state index is 9.10. The molecule has 12 nitrogen and oxygen atoms in total. The van der Waals surface area contributed by atoms with Crippen molar-refractivity contribution in [3.05, 3.63) is 284 Å². The van der Waals surface area contributed by atoms with Crippen molar-refractivity contribution in [2.75, 3.05) is 0 Å². The van der Waals surface area contributed by atoms with E-state index in [4.69, 9.17) is 48.9 Å². The summed E-state index contributed by atoms with van der Waals surface area (Å²) in [6, 6.07) is 94.0. The van der Waals surface area contributed by atoms with E-state index in [2.05, 4.69) is 146 Å². The largest absolute Gasteiger partial charge is 0.569 e. The minimum absolute atomic E-state index is 0.225. The third-order valence-electron chi connectivity index (χ3n) is 17.5. The van der Waals surface area contributed by atoms with E-state index in [1.807, 2.05) is 146 Å². The second-order valence-corrected chi connectivity index (χ2v) is 23.2. The second-order valence-electron chi connectivity index (χ2n) is 22.8. The molecule has 0 aliphatic carbocycles. The standard InChI is InChI=1S/C40H23N3O2.C24H15BNO3.C16H9ClN2O/c1-3-12-24(13-4-1)35-39-36(29-17-8-10-21-33(29)44-39)42-40(41-35)30-19-11-18-26-27-22-23-32-34(38(27)45-37(26)30)28-16-7-9-20-31(28)43(32)25-14-5-2-6-15-25;27-25-29-21-12-6-10-16-17-13-14-20-22(24(17)28-23(16)21)18-9-4-5-11-19(18)26(20)15-7-2-1-3-8-15;17-16-18-13(10-6-2-1-3-7-10)15-14(19-16)11-8-4-5-9-12(11)20-15/h1-23H;1-14,27H;1-9H. The van der Waals surface area contributed by atoms with Gasteiger partial charge in [-0.2, -0.15) is 0 Å². The zero-order valence-electron chi connectivity index (χ0n) is 49.7. The highest BCUT2D eigenvalue weighted by atomic mass is 35.5. The van der Waals surface area contributed by atoms with Crippen molar-refractivity contribution in [3.63, 3.8) is 0 Å². The molecule has 8 heterocycles. The van der Waals surface area contributed by atoms with Crippen LogP contribution in [0.2, 0.25) is 5.28 Å². The molecular formula is C80H47BClN6O6. The zero-order chi connectivity index (χ0) is 62.4. The minimum Gasteiger partial charge on any atom is -0.535 e. The third-order valence-corrected chi connectivity index (χ3v) is 17.7. The molecule has 0 fully saturated rings. The van der Waals surface area contributed by atoms with Gasteiger partial charge in [0.25, 0.3) is 0 Å².